The average Bonchev–Trinajstić information content (AvgIpc) is 4.14. The molecule has 2 aliphatic rings. The number of aryl methyl sites for hydroxylation is 6. The van der Waals surface area contributed by atoms with E-state index in [1.807, 2.05) is 108 Å². The van der Waals surface area contributed by atoms with Crippen LogP contribution in [0.25, 0.3) is 11.0 Å². The van der Waals surface area contributed by atoms with Gasteiger partial charge in [0.15, 0.2) is 5.82 Å². The Kier molecular flexibility index (Phi) is 20.1. The largest absolute Gasteiger partial charge is 0.365 e. The van der Waals surface area contributed by atoms with Crippen LogP contribution >= 0.6 is 0 Å². The number of benzene rings is 4. The minimum absolute atomic E-state index is 0. The maximum atomic E-state index is 11.8. The van der Waals surface area contributed by atoms with Crippen LogP contribution in [0.3, 0.4) is 0 Å². The summed E-state index contributed by atoms with van der Waals surface area (Å²) in [6, 6.07) is 25.8. The van der Waals surface area contributed by atoms with Crippen molar-refractivity contribution in [1.29, 1.82) is 0 Å². The van der Waals surface area contributed by atoms with Crippen molar-refractivity contribution in [2.75, 3.05) is 26.6 Å². The van der Waals surface area contributed by atoms with E-state index in [4.69, 9.17) is 33.5 Å². The van der Waals surface area contributed by atoms with Gasteiger partial charge in [-0.25, -0.2) is 15.0 Å². The standard InChI is InChI=1S/C19H17N7O2.2C18H24N6O.2CH4/c1-11-7-12(2)9-13(8-11)22-18-14(17(20)27)10-21-19(23-18)28-26-16-6-4-3-5-15(16)24-25-26;2*1-10-6-11(2)8-12(7-10)22-17-13(16(20)25)9-21-18(24-17)23-15-5-3-4-14(15)19;;/h3-10H,1-2H3,(H2,20,27)(H,21,22,23);2*6-9,14-15H,3-5,19H2,1-2H3,(H2,20,25)(H2,21,22,23,24);2*1H4/t;2*14-,15+;;/m.00../s1. The molecule has 23 heteroatoms. The number of hydrogen-bond donors (Lipinski definition) is 10. The molecule has 8 aromatic rings. The predicted octanol–water partition coefficient (Wildman–Crippen LogP) is 8.25. The second-order valence-corrected chi connectivity index (χ2v) is 19.7. The first-order valence-electron chi connectivity index (χ1n) is 25.4. The fraction of sp³-hybridized carbons (Fsp3) is 0.316. The number of fused-ring (bicyclic) bond motifs is 1. The maximum absolute atomic E-state index is 11.8. The van der Waals surface area contributed by atoms with Crippen molar-refractivity contribution in [3.63, 3.8) is 0 Å². The average molecular weight is 1090 g/mol. The number of carbonyl (C=O) groups is 3. The zero-order chi connectivity index (χ0) is 55.6. The number of hydrogen-bond acceptors (Lipinski definition) is 19. The molecule has 420 valence electrons. The van der Waals surface area contributed by atoms with Gasteiger partial charge in [-0.2, -0.15) is 15.0 Å². The highest BCUT2D eigenvalue weighted by molar-refractivity contribution is 5.99. The van der Waals surface area contributed by atoms with Gasteiger partial charge in [0.25, 0.3) is 17.7 Å². The summed E-state index contributed by atoms with van der Waals surface area (Å²) in [7, 11) is 0. The lowest BCUT2D eigenvalue weighted by Gasteiger charge is -2.18. The van der Waals surface area contributed by atoms with Crippen LogP contribution in [-0.4, -0.2) is 86.9 Å². The van der Waals surface area contributed by atoms with Crippen molar-refractivity contribution >= 4 is 75.2 Å². The smallest absolute Gasteiger partial charge is 0.347 e. The van der Waals surface area contributed by atoms with Crippen molar-refractivity contribution in [1.82, 2.24) is 45.1 Å². The second-order valence-electron chi connectivity index (χ2n) is 19.7. The topological polar surface area (TPSA) is 359 Å². The van der Waals surface area contributed by atoms with Gasteiger partial charge in [0.2, 0.25) is 11.9 Å². The summed E-state index contributed by atoms with van der Waals surface area (Å²) in [4.78, 5) is 67.8. The molecule has 15 N–H and O–H groups in total. The van der Waals surface area contributed by atoms with Crippen LogP contribution in [0, 0.1) is 41.5 Å². The highest BCUT2D eigenvalue weighted by Gasteiger charge is 2.26. The summed E-state index contributed by atoms with van der Waals surface area (Å²) in [5, 5.41) is 24.0. The minimum atomic E-state index is -0.648. The van der Waals surface area contributed by atoms with E-state index in [-0.39, 0.29) is 67.5 Å². The second kappa shape index (κ2) is 26.8. The van der Waals surface area contributed by atoms with Gasteiger partial charge in [-0.15, -0.1) is 5.10 Å². The van der Waals surface area contributed by atoms with Crippen LogP contribution in [0.2, 0.25) is 0 Å². The third-order valence-electron chi connectivity index (χ3n) is 12.9. The van der Waals surface area contributed by atoms with Gasteiger partial charge in [-0.3, -0.25) is 14.4 Å². The van der Waals surface area contributed by atoms with Crippen LogP contribution in [-0.2, 0) is 0 Å². The molecule has 2 saturated carbocycles. The molecule has 0 bridgehead atoms. The molecule has 0 radical (unpaired) electrons. The molecule has 0 spiro atoms. The number of nitrogens with zero attached hydrogens (tertiary/aromatic N) is 9. The zero-order valence-electron chi connectivity index (χ0n) is 44.3. The van der Waals surface area contributed by atoms with E-state index in [1.54, 1.807) is 0 Å². The summed E-state index contributed by atoms with van der Waals surface area (Å²) in [5.41, 5.74) is 39.6. The molecule has 0 saturated heterocycles. The van der Waals surface area contributed by atoms with Gasteiger partial charge in [0, 0.05) is 59.8 Å². The van der Waals surface area contributed by atoms with Gasteiger partial charge in [-0.1, -0.05) is 50.0 Å². The normalized spacial score (nSPS) is 16.1. The molecule has 10 rings (SSSR count). The van der Waals surface area contributed by atoms with Crippen molar-refractivity contribution in [3.8, 4) is 6.01 Å². The van der Waals surface area contributed by atoms with Crippen molar-refractivity contribution in [2.45, 2.75) is 119 Å². The Labute approximate surface area is 465 Å². The quantitative estimate of drug-likeness (QED) is 0.0461. The summed E-state index contributed by atoms with van der Waals surface area (Å²) in [6.45, 7) is 12.0. The summed E-state index contributed by atoms with van der Waals surface area (Å²) in [5.74, 6) is 0.116. The third kappa shape index (κ3) is 15.7. The molecule has 3 amide bonds. The Morgan fingerprint density at radius 1 is 0.525 bits per heavy atom. The number of aromatic nitrogens is 9. The van der Waals surface area contributed by atoms with E-state index in [2.05, 4.69) is 78.9 Å². The Balaban J connectivity index is 0.000000192. The molecule has 4 aromatic heterocycles. The van der Waals surface area contributed by atoms with Gasteiger partial charge in [-0.05, 0) is 167 Å². The first-order valence-corrected chi connectivity index (χ1v) is 25.4. The van der Waals surface area contributed by atoms with Gasteiger partial charge < -0.3 is 60.1 Å². The van der Waals surface area contributed by atoms with E-state index >= 15 is 0 Å². The summed E-state index contributed by atoms with van der Waals surface area (Å²) >= 11 is 0. The van der Waals surface area contributed by atoms with Crippen molar-refractivity contribution < 1.29 is 19.2 Å². The number of nitrogens with two attached hydrogens (primary N) is 5. The Morgan fingerprint density at radius 3 is 1.27 bits per heavy atom. The van der Waals surface area contributed by atoms with E-state index in [0.717, 1.165) is 89.0 Å². The molecule has 4 atom stereocenters. The van der Waals surface area contributed by atoms with Crippen LogP contribution < -0.4 is 60.1 Å². The Morgan fingerprint density at radius 2 is 0.900 bits per heavy atom. The van der Waals surface area contributed by atoms with Crippen molar-refractivity contribution in [3.05, 3.63) is 148 Å². The Bertz CT molecular complexity index is 3280. The van der Waals surface area contributed by atoms with E-state index in [0.29, 0.717) is 34.6 Å². The van der Waals surface area contributed by atoms with E-state index < -0.39 is 17.7 Å². The van der Waals surface area contributed by atoms with Gasteiger partial charge >= 0.3 is 6.01 Å². The lowest BCUT2D eigenvalue weighted by molar-refractivity contribution is 0.0991. The molecule has 23 nitrogen and oxygen atoms in total. The molecular weight excluding hydrogens is 1010 g/mol. The van der Waals surface area contributed by atoms with Crippen molar-refractivity contribution in [2.24, 2.45) is 28.7 Å². The molecule has 0 unspecified atom stereocenters. The highest BCUT2D eigenvalue weighted by atomic mass is 16.7. The number of amides is 3. The van der Waals surface area contributed by atoms with E-state index in [1.165, 1.54) is 23.4 Å². The monoisotopic (exact) mass is 1090 g/mol. The fourth-order valence-electron chi connectivity index (χ4n) is 9.35. The lowest BCUT2D eigenvalue weighted by atomic mass is 10.1. The number of nitrogens with one attached hydrogen (secondary N) is 5. The Hall–Kier alpha value is -9.35. The first-order chi connectivity index (χ1) is 37.3. The maximum Gasteiger partial charge on any atom is 0.347 e. The van der Waals surface area contributed by atoms with E-state index in [9.17, 15) is 14.4 Å². The van der Waals surface area contributed by atoms with Crippen LogP contribution in [0.5, 0.6) is 6.01 Å². The van der Waals surface area contributed by atoms with Crippen LogP contribution in [0.4, 0.5) is 46.4 Å². The molecule has 80 heavy (non-hydrogen) atoms. The fourth-order valence-corrected chi connectivity index (χ4v) is 9.35. The van der Waals surface area contributed by atoms with Gasteiger partial charge in [0.05, 0.1) is 0 Å². The summed E-state index contributed by atoms with van der Waals surface area (Å²) < 4.78 is 0. The minimum Gasteiger partial charge on any atom is -0.365 e. The molecule has 2 aliphatic carbocycles. The molecule has 4 heterocycles. The number of anilines is 8. The zero-order valence-corrected chi connectivity index (χ0v) is 44.3. The molecule has 0 aliphatic heterocycles. The SMILES string of the molecule is C.C.Cc1cc(C)cc(Nc2nc(N[C@@H]3CCC[C@@H]3N)ncc2C(N)=O)c1.Cc1cc(C)cc(Nc2nc(N[C@@H]3CCC[C@@H]3N)ncc2C(N)=O)c1.Cc1cc(C)cc(Nc2nc(On3nnc4ccccc43)ncc2C(N)=O)c1. The highest BCUT2D eigenvalue weighted by Crippen LogP contribution is 2.28. The molecule has 4 aromatic carbocycles. The summed E-state index contributed by atoms with van der Waals surface area (Å²) in [6.07, 6.45) is 10.3. The number of rotatable bonds is 15. The number of primary amides is 3. The number of para-hydroxylation sites is 1. The first kappa shape index (κ1) is 59.9. The van der Waals surface area contributed by atoms with Crippen LogP contribution in [0.1, 0.15) is 118 Å². The lowest BCUT2D eigenvalue weighted by Crippen LogP contribution is -2.35. The molecular formula is C57H73N19O4. The molecule has 2 fully saturated rings. The van der Waals surface area contributed by atoms with Crippen LogP contribution in [0.15, 0.2) is 97.5 Å². The third-order valence-corrected chi connectivity index (χ3v) is 12.9. The number of carbonyl (C=O) groups excluding carboxylic acids is 3. The van der Waals surface area contributed by atoms with Gasteiger partial charge in [0.1, 0.15) is 39.4 Å². The predicted molar refractivity (Wildman–Crippen MR) is 315 cm³/mol.